The summed E-state index contributed by atoms with van der Waals surface area (Å²) in [7, 11) is 3.83. The van der Waals surface area contributed by atoms with E-state index < -0.39 is 22.5 Å². The number of hydrogen-bond acceptors (Lipinski definition) is 10. The smallest absolute Gasteiger partial charge is 0.320 e. The van der Waals surface area contributed by atoms with Gasteiger partial charge in [0.15, 0.2) is 16.7 Å². The van der Waals surface area contributed by atoms with Crippen LogP contribution in [0.4, 0.5) is 16.4 Å². The minimum atomic E-state index is -1.36. The number of allylic oxidation sites excluding steroid dienone is 1. The Morgan fingerprint density at radius 1 is 1.13 bits per heavy atom. The second kappa shape index (κ2) is 14.3. The zero-order valence-corrected chi connectivity index (χ0v) is 28.3. The normalized spacial score (nSPS) is 17.1. The van der Waals surface area contributed by atoms with Crippen molar-refractivity contribution in [3.05, 3.63) is 78.0 Å². The molecule has 1 aliphatic carbocycles. The molecule has 3 unspecified atom stereocenters. The van der Waals surface area contributed by atoms with E-state index in [0.717, 1.165) is 16.8 Å². The molecule has 0 spiro atoms. The number of carbonyl (C=O) groups excluding carboxylic acids is 1. The minimum Gasteiger partial charge on any atom is -0.484 e. The van der Waals surface area contributed by atoms with Gasteiger partial charge in [0.1, 0.15) is 17.7 Å². The van der Waals surface area contributed by atoms with Gasteiger partial charge in [-0.05, 0) is 36.1 Å². The first-order valence-corrected chi connectivity index (χ1v) is 16.8. The van der Waals surface area contributed by atoms with E-state index in [0.29, 0.717) is 48.3 Å². The fraction of sp³-hybridized carbons (Fsp3) is 0.406. The second-order valence-corrected chi connectivity index (χ2v) is 13.6. The lowest BCUT2D eigenvalue weighted by Crippen LogP contribution is -2.41. The fourth-order valence-corrected chi connectivity index (χ4v) is 5.47. The SMILES string of the molecule is CN(C)c1nnc2ccc(OC3CCC(NC(=O)N/C(=C/C(=N)C(C)(C)C)Nc4cnn(CCOS(C)=O)c4)c4ccccc43)cn12. The van der Waals surface area contributed by atoms with Crippen LogP contribution in [0.5, 0.6) is 5.75 Å². The Labute approximate surface area is 276 Å². The predicted octanol–water partition coefficient (Wildman–Crippen LogP) is 4.58. The molecular weight excluding hydrogens is 620 g/mol. The molecule has 0 aliphatic heterocycles. The van der Waals surface area contributed by atoms with Crippen molar-refractivity contribution in [1.29, 1.82) is 5.41 Å². The van der Waals surface area contributed by atoms with Crippen molar-refractivity contribution in [2.45, 2.75) is 52.3 Å². The van der Waals surface area contributed by atoms with Gasteiger partial charge in [-0.25, -0.2) is 9.00 Å². The Kier molecular flexibility index (Phi) is 10.3. The van der Waals surface area contributed by atoms with E-state index in [1.54, 1.807) is 23.2 Å². The number of pyridine rings is 1. The maximum absolute atomic E-state index is 13.4. The van der Waals surface area contributed by atoms with E-state index in [4.69, 9.17) is 14.3 Å². The highest BCUT2D eigenvalue weighted by molar-refractivity contribution is 7.79. The van der Waals surface area contributed by atoms with Gasteiger partial charge in [-0.3, -0.25) is 18.6 Å². The zero-order valence-electron chi connectivity index (χ0n) is 27.5. The highest BCUT2D eigenvalue weighted by Crippen LogP contribution is 2.39. The summed E-state index contributed by atoms with van der Waals surface area (Å²) in [5, 5.41) is 30.5. The fourth-order valence-electron chi connectivity index (χ4n) is 5.16. The largest absolute Gasteiger partial charge is 0.484 e. The van der Waals surface area contributed by atoms with Gasteiger partial charge in [0, 0.05) is 43.8 Å². The molecule has 4 aromatic rings. The van der Waals surface area contributed by atoms with Gasteiger partial charge in [0.05, 0.1) is 37.3 Å². The first-order chi connectivity index (χ1) is 22.4. The summed E-state index contributed by atoms with van der Waals surface area (Å²) in [4.78, 5) is 15.3. The van der Waals surface area contributed by atoms with Gasteiger partial charge in [0.25, 0.3) is 0 Å². The quantitative estimate of drug-likeness (QED) is 0.159. The molecular formula is C32H42N10O4S. The van der Waals surface area contributed by atoms with Gasteiger partial charge < -0.3 is 25.7 Å². The van der Waals surface area contributed by atoms with E-state index in [9.17, 15) is 9.00 Å². The Morgan fingerprint density at radius 2 is 1.89 bits per heavy atom. The average molecular weight is 663 g/mol. The molecule has 0 fully saturated rings. The summed E-state index contributed by atoms with van der Waals surface area (Å²) in [6.07, 6.45) is 9.47. The van der Waals surface area contributed by atoms with Crippen LogP contribution >= 0.6 is 0 Å². The van der Waals surface area contributed by atoms with Crippen molar-refractivity contribution in [3.8, 4) is 5.75 Å². The number of fused-ring (bicyclic) bond motifs is 2. The lowest BCUT2D eigenvalue weighted by Gasteiger charge is -2.32. The van der Waals surface area contributed by atoms with Crippen LogP contribution in [0, 0.1) is 10.8 Å². The van der Waals surface area contributed by atoms with Gasteiger partial charge in [0.2, 0.25) is 5.95 Å². The van der Waals surface area contributed by atoms with Crippen molar-refractivity contribution < 1.29 is 17.9 Å². The number of anilines is 2. The number of aromatic nitrogens is 5. The van der Waals surface area contributed by atoms with Crippen LogP contribution in [0.25, 0.3) is 5.65 Å². The molecule has 4 N–H and O–H groups in total. The summed E-state index contributed by atoms with van der Waals surface area (Å²) in [6.45, 7) is 6.45. The van der Waals surface area contributed by atoms with Crippen LogP contribution in [0.15, 0.2) is 66.9 Å². The number of nitrogens with zero attached hydrogens (tertiary/aromatic N) is 6. The number of benzene rings is 1. The van der Waals surface area contributed by atoms with Crippen LogP contribution in [0.3, 0.4) is 0 Å². The van der Waals surface area contributed by atoms with E-state index in [2.05, 4.69) is 31.2 Å². The van der Waals surface area contributed by atoms with Gasteiger partial charge >= 0.3 is 6.03 Å². The Bertz CT molecular complexity index is 1790. The van der Waals surface area contributed by atoms with Crippen LogP contribution in [0.1, 0.15) is 56.9 Å². The van der Waals surface area contributed by atoms with Crippen molar-refractivity contribution in [2.24, 2.45) is 5.41 Å². The molecule has 250 valence electrons. The molecule has 3 atom stereocenters. The number of nitrogens with one attached hydrogen (secondary N) is 4. The average Bonchev–Trinajstić information content (AvgIpc) is 3.64. The predicted molar refractivity (Wildman–Crippen MR) is 182 cm³/mol. The van der Waals surface area contributed by atoms with Crippen molar-refractivity contribution in [3.63, 3.8) is 0 Å². The van der Waals surface area contributed by atoms with Crippen molar-refractivity contribution in [1.82, 2.24) is 35.0 Å². The topological polar surface area (TPSA) is 164 Å². The third kappa shape index (κ3) is 8.54. The first-order valence-electron chi connectivity index (χ1n) is 15.3. The summed E-state index contributed by atoms with van der Waals surface area (Å²) >= 11 is -1.36. The number of urea groups is 1. The van der Waals surface area contributed by atoms with E-state index in [1.807, 2.05) is 86.8 Å². The van der Waals surface area contributed by atoms with Crippen LogP contribution < -0.4 is 25.6 Å². The lowest BCUT2D eigenvalue weighted by molar-refractivity contribution is 0.171. The van der Waals surface area contributed by atoms with Crippen LogP contribution in [-0.4, -0.2) is 67.3 Å². The molecule has 2 amide bonds. The highest BCUT2D eigenvalue weighted by atomic mass is 32.2. The first kappa shape index (κ1) is 33.6. The monoisotopic (exact) mass is 662 g/mol. The number of ether oxygens (including phenoxy) is 1. The maximum Gasteiger partial charge on any atom is 0.320 e. The zero-order chi connectivity index (χ0) is 33.7. The second-order valence-electron chi connectivity index (χ2n) is 12.5. The number of amides is 2. The Balaban J connectivity index is 1.28. The minimum absolute atomic E-state index is 0.201. The number of carbonyl (C=O) groups is 1. The van der Waals surface area contributed by atoms with E-state index in [1.165, 1.54) is 6.26 Å². The third-order valence-electron chi connectivity index (χ3n) is 7.60. The molecule has 3 heterocycles. The summed E-state index contributed by atoms with van der Waals surface area (Å²) in [6, 6.07) is 11.1. The Hall–Kier alpha value is -4.76. The lowest BCUT2D eigenvalue weighted by atomic mass is 9.85. The Morgan fingerprint density at radius 3 is 2.62 bits per heavy atom. The molecule has 5 rings (SSSR count). The van der Waals surface area contributed by atoms with Crippen LogP contribution in [0.2, 0.25) is 0 Å². The van der Waals surface area contributed by atoms with Crippen molar-refractivity contribution in [2.75, 3.05) is 37.2 Å². The summed E-state index contributed by atoms with van der Waals surface area (Å²) < 4.78 is 26.3. The number of hydrogen-bond donors (Lipinski definition) is 4. The van der Waals surface area contributed by atoms with Gasteiger partial charge in [-0.2, -0.15) is 5.10 Å². The van der Waals surface area contributed by atoms with Crippen LogP contribution in [-0.2, 0) is 21.8 Å². The standard InChI is InChI=1S/C32H42N10O4S/c1-32(2,3)27(33)17-28(35-21-18-34-41(19-21)15-16-45-47(6)44)37-30(43)36-25-12-13-26(24-10-8-7-9-23(24)25)46-22-11-14-29-38-39-31(40(4)5)42(29)20-22/h7-11,14,17-20,25-26,33,35H,12-13,15-16H2,1-6H3,(H2,36,37,43)/b28-17+,33-27?. The van der Waals surface area contributed by atoms with E-state index in [-0.39, 0.29) is 18.8 Å². The molecule has 0 saturated carbocycles. The summed E-state index contributed by atoms with van der Waals surface area (Å²) in [5.41, 5.74) is 3.23. The molecule has 0 bridgehead atoms. The summed E-state index contributed by atoms with van der Waals surface area (Å²) in [5.74, 6) is 1.74. The molecule has 1 aromatic carbocycles. The molecule has 47 heavy (non-hydrogen) atoms. The molecule has 1 aliphatic rings. The third-order valence-corrected chi connectivity index (χ3v) is 8.10. The van der Waals surface area contributed by atoms with Gasteiger partial charge in [-0.1, -0.05) is 45.0 Å². The van der Waals surface area contributed by atoms with E-state index >= 15 is 0 Å². The van der Waals surface area contributed by atoms with Crippen molar-refractivity contribution >= 4 is 40.1 Å². The molecule has 14 nitrogen and oxygen atoms in total. The molecule has 0 radical (unpaired) electrons. The van der Waals surface area contributed by atoms with Gasteiger partial charge in [-0.15, -0.1) is 10.2 Å². The number of rotatable bonds is 12. The maximum atomic E-state index is 13.4. The highest BCUT2D eigenvalue weighted by Gasteiger charge is 2.30. The molecule has 15 heteroatoms. The molecule has 3 aromatic heterocycles. The molecule has 0 saturated heterocycles.